The summed E-state index contributed by atoms with van der Waals surface area (Å²) in [6, 6.07) is 18.2. The molecule has 0 unspecified atom stereocenters. The van der Waals surface area contributed by atoms with Gasteiger partial charge in [0.1, 0.15) is 0 Å². The highest BCUT2D eigenvalue weighted by Crippen LogP contribution is 2.35. The number of halogens is 2. The van der Waals surface area contributed by atoms with Crippen LogP contribution < -0.4 is 13.8 Å². The van der Waals surface area contributed by atoms with Crippen molar-refractivity contribution in [3.8, 4) is 11.5 Å². The van der Waals surface area contributed by atoms with E-state index in [2.05, 4.69) is 0 Å². The van der Waals surface area contributed by atoms with Crippen LogP contribution in [0.1, 0.15) is 5.56 Å². The fourth-order valence-electron chi connectivity index (χ4n) is 2.82. The van der Waals surface area contributed by atoms with Crippen LogP contribution in [0, 0.1) is 0 Å². The first-order valence-electron chi connectivity index (χ1n) is 8.60. The molecule has 0 heterocycles. The largest absolute Gasteiger partial charge is 0.493 e. The van der Waals surface area contributed by atoms with E-state index in [-0.39, 0.29) is 11.4 Å². The maximum atomic E-state index is 13.4. The number of methoxy groups -OCH3 is 2. The first-order valence-corrected chi connectivity index (χ1v) is 10.8. The standard InChI is InChI=1S/C21H19Cl2NO4S/c1-27-20-11-9-16(13-21(20)28-2)24(14-15-8-10-18(22)19(23)12-15)29(25,26)17-6-4-3-5-7-17/h3-13H,14H2,1-2H3. The molecule has 0 aliphatic heterocycles. The summed E-state index contributed by atoms with van der Waals surface area (Å²) in [7, 11) is -0.843. The lowest BCUT2D eigenvalue weighted by Crippen LogP contribution is -2.30. The van der Waals surface area contributed by atoms with E-state index in [0.29, 0.717) is 32.8 Å². The molecule has 0 radical (unpaired) electrons. The van der Waals surface area contributed by atoms with Gasteiger partial charge in [-0.15, -0.1) is 0 Å². The van der Waals surface area contributed by atoms with E-state index in [9.17, 15) is 8.42 Å². The molecule has 29 heavy (non-hydrogen) atoms. The molecular formula is C21H19Cl2NO4S. The molecule has 8 heteroatoms. The fraction of sp³-hybridized carbons (Fsp3) is 0.143. The van der Waals surface area contributed by atoms with Crippen LogP contribution in [0.3, 0.4) is 0 Å². The molecule has 3 rings (SSSR count). The topological polar surface area (TPSA) is 55.8 Å². The lowest BCUT2D eigenvalue weighted by molar-refractivity contribution is 0.355. The summed E-state index contributed by atoms with van der Waals surface area (Å²) in [6.07, 6.45) is 0. The Morgan fingerprint density at radius 1 is 0.828 bits per heavy atom. The fourth-order valence-corrected chi connectivity index (χ4v) is 4.60. The summed E-state index contributed by atoms with van der Waals surface area (Å²) >= 11 is 12.1. The van der Waals surface area contributed by atoms with Gasteiger partial charge in [-0.05, 0) is 42.0 Å². The van der Waals surface area contributed by atoms with E-state index in [0.717, 1.165) is 0 Å². The second-order valence-corrected chi connectivity index (χ2v) is 8.79. The second kappa shape index (κ2) is 8.95. The number of anilines is 1. The maximum Gasteiger partial charge on any atom is 0.264 e. The molecule has 5 nitrogen and oxygen atoms in total. The predicted octanol–water partition coefficient (Wildman–Crippen LogP) is 5.41. The summed E-state index contributed by atoms with van der Waals surface area (Å²) in [6.45, 7) is 0.0591. The summed E-state index contributed by atoms with van der Waals surface area (Å²) in [5.41, 5.74) is 1.12. The van der Waals surface area contributed by atoms with Gasteiger partial charge in [0.25, 0.3) is 10.0 Å². The summed E-state index contributed by atoms with van der Waals surface area (Å²) in [4.78, 5) is 0.176. The SMILES string of the molecule is COc1ccc(N(Cc2ccc(Cl)c(Cl)c2)S(=O)(=O)c2ccccc2)cc1OC. The van der Waals surface area contributed by atoms with Gasteiger partial charge in [0.05, 0.1) is 41.4 Å². The summed E-state index contributed by atoms with van der Waals surface area (Å²) in [5, 5.41) is 0.757. The highest BCUT2D eigenvalue weighted by Gasteiger charge is 2.26. The Labute approximate surface area is 180 Å². The van der Waals surface area contributed by atoms with Crippen LogP contribution in [-0.2, 0) is 16.6 Å². The molecule has 0 atom stereocenters. The van der Waals surface area contributed by atoms with Gasteiger partial charge in [0.15, 0.2) is 11.5 Å². The number of rotatable bonds is 7. The molecule has 0 aliphatic carbocycles. The van der Waals surface area contributed by atoms with Gasteiger partial charge in [0.2, 0.25) is 0 Å². The third kappa shape index (κ3) is 4.61. The Morgan fingerprint density at radius 3 is 2.14 bits per heavy atom. The van der Waals surface area contributed by atoms with Crippen molar-refractivity contribution < 1.29 is 17.9 Å². The summed E-state index contributed by atoms with van der Waals surface area (Å²) in [5.74, 6) is 0.926. The number of ether oxygens (including phenoxy) is 2. The van der Waals surface area contributed by atoms with Crippen molar-refractivity contribution >= 4 is 38.9 Å². The van der Waals surface area contributed by atoms with Gasteiger partial charge in [-0.25, -0.2) is 8.42 Å². The average Bonchev–Trinajstić information content (AvgIpc) is 2.74. The number of hydrogen-bond donors (Lipinski definition) is 0. The molecule has 0 spiro atoms. The third-order valence-electron chi connectivity index (χ3n) is 4.30. The van der Waals surface area contributed by atoms with Crippen molar-refractivity contribution in [1.29, 1.82) is 0 Å². The van der Waals surface area contributed by atoms with Crippen molar-refractivity contribution in [1.82, 2.24) is 0 Å². The van der Waals surface area contributed by atoms with Gasteiger partial charge >= 0.3 is 0 Å². The lowest BCUT2D eigenvalue weighted by Gasteiger charge is -2.25. The monoisotopic (exact) mass is 451 g/mol. The molecule has 3 aromatic rings. The van der Waals surface area contributed by atoms with Gasteiger partial charge in [0, 0.05) is 6.07 Å². The molecule has 0 bridgehead atoms. The molecule has 0 amide bonds. The zero-order valence-electron chi connectivity index (χ0n) is 15.8. The minimum atomic E-state index is -3.86. The van der Waals surface area contributed by atoms with Crippen LogP contribution in [0.5, 0.6) is 11.5 Å². The predicted molar refractivity (Wildman–Crippen MR) is 116 cm³/mol. The Hall–Kier alpha value is -2.41. The van der Waals surface area contributed by atoms with Crippen molar-refractivity contribution in [2.75, 3.05) is 18.5 Å². The van der Waals surface area contributed by atoms with E-state index in [1.807, 2.05) is 0 Å². The van der Waals surface area contributed by atoms with Crippen LogP contribution in [0.25, 0.3) is 0 Å². The Bertz CT molecular complexity index is 1100. The maximum absolute atomic E-state index is 13.4. The Balaban J connectivity index is 2.12. The van der Waals surface area contributed by atoms with Gasteiger partial charge in [-0.1, -0.05) is 47.5 Å². The zero-order chi connectivity index (χ0) is 21.0. The second-order valence-electron chi connectivity index (χ2n) is 6.11. The molecule has 0 fully saturated rings. The van der Waals surface area contributed by atoms with Crippen molar-refractivity contribution in [3.63, 3.8) is 0 Å². The van der Waals surface area contributed by atoms with E-state index >= 15 is 0 Å². The van der Waals surface area contributed by atoms with Gasteiger partial charge in [-0.2, -0.15) is 0 Å². The highest BCUT2D eigenvalue weighted by atomic mass is 35.5. The van der Waals surface area contributed by atoms with Crippen LogP contribution in [0.15, 0.2) is 71.6 Å². The first kappa shape index (κ1) is 21.3. The molecule has 152 valence electrons. The van der Waals surface area contributed by atoms with Crippen LogP contribution >= 0.6 is 23.2 Å². The molecule has 0 aromatic heterocycles. The van der Waals surface area contributed by atoms with Crippen LogP contribution in [-0.4, -0.2) is 22.6 Å². The third-order valence-corrected chi connectivity index (χ3v) is 6.82. The molecule has 0 saturated carbocycles. The minimum absolute atomic E-state index is 0.0591. The molecule has 0 N–H and O–H groups in total. The average molecular weight is 452 g/mol. The quantitative estimate of drug-likeness (QED) is 0.481. The van der Waals surface area contributed by atoms with Crippen LogP contribution in [0.4, 0.5) is 5.69 Å². The number of sulfonamides is 1. The minimum Gasteiger partial charge on any atom is -0.493 e. The smallest absolute Gasteiger partial charge is 0.264 e. The van der Waals surface area contributed by atoms with Crippen LogP contribution in [0.2, 0.25) is 10.0 Å². The highest BCUT2D eigenvalue weighted by molar-refractivity contribution is 7.92. The van der Waals surface area contributed by atoms with E-state index < -0.39 is 10.0 Å². The van der Waals surface area contributed by atoms with E-state index in [1.54, 1.807) is 66.7 Å². The number of hydrogen-bond acceptors (Lipinski definition) is 4. The van der Waals surface area contributed by atoms with Crippen molar-refractivity contribution in [3.05, 3.63) is 82.3 Å². The zero-order valence-corrected chi connectivity index (χ0v) is 18.1. The molecule has 3 aromatic carbocycles. The van der Waals surface area contributed by atoms with E-state index in [4.69, 9.17) is 32.7 Å². The lowest BCUT2D eigenvalue weighted by atomic mass is 10.2. The Kier molecular flexibility index (Phi) is 6.57. The molecular weight excluding hydrogens is 433 g/mol. The van der Waals surface area contributed by atoms with Gasteiger partial charge in [-0.3, -0.25) is 4.31 Å². The van der Waals surface area contributed by atoms with Crippen molar-refractivity contribution in [2.24, 2.45) is 0 Å². The number of benzene rings is 3. The summed E-state index contributed by atoms with van der Waals surface area (Å²) < 4.78 is 38.8. The molecule has 0 aliphatic rings. The Morgan fingerprint density at radius 2 is 1.52 bits per heavy atom. The van der Waals surface area contributed by atoms with E-state index in [1.165, 1.54) is 18.5 Å². The molecule has 0 saturated heterocycles. The normalized spacial score (nSPS) is 11.2. The first-order chi connectivity index (χ1) is 13.9. The number of nitrogens with zero attached hydrogens (tertiary/aromatic N) is 1. The van der Waals surface area contributed by atoms with Crippen molar-refractivity contribution in [2.45, 2.75) is 11.4 Å². The van der Waals surface area contributed by atoms with Gasteiger partial charge < -0.3 is 9.47 Å².